The van der Waals surface area contributed by atoms with Gasteiger partial charge in [-0.1, -0.05) is 17.7 Å². The maximum atomic E-state index is 13.8. The molecule has 23 heavy (non-hydrogen) atoms. The van der Waals surface area contributed by atoms with Gasteiger partial charge >= 0.3 is 0 Å². The molecule has 126 valence electrons. The molecule has 1 aliphatic rings. The van der Waals surface area contributed by atoms with Gasteiger partial charge in [0.05, 0.1) is 12.0 Å². The number of likely N-dealkylation sites (N-methyl/N-ethyl adjacent to an activating group) is 1. The van der Waals surface area contributed by atoms with Crippen LogP contribution in [-0.2, 0) is 16.1 Å². The number of rotatable bonds is 5. The van der Waals surface area contributed by atoms with Gasteiger partial charge in [0.2, 0.25) is 11.8 Å². The first-order valence-corrected chi connectivity index (χ1v) is 7.90. The zero-order valence-electron chi connectivity index (χ0n) is 13.3. The Labute approximate surface area is 140 Å². The standard InChI is InChI=1S/C16H21ClFN3O2/c1-10(21-7-6-11(8-21)15(19)22)16(23)20(2)9-12-13(17)4-3-5-14(12)18/h3-5,10-11H,6-9H2,1-2H3,(H2,19,22)/t10-,11+/m0/s1. The minimum absolute atomic E-state index is 0.0990. The van der Waals surface area contributed by atoms with Gasteiger partial charge in [0.1, 0.15) is 5.82 Å². The summed E-state index contributed by atoms with van der Waals surface area (Å²) in [4.78, 5) is 27.1. The first kappa shape index (κ1) is 17.7. The Morgan fingerprint density at radius 2 is 2.22 bits per heavy atom. The molecule has 7 heteroatoms. The van der Waals surface area contributed by atoms with E-state index in [2.05, 4.69) is 0 Å². The fraction of sp³-hybridized carbons (Fsp3) is 0.500. The minimum atomic E-state index is -0.431. The van der Waals surface area contributed by atoms with Crippen molar-refractivity contribution in [2.45, 2.75) is 25.9 Å². The van der Waals surface area contributed by atoms with Gasteiger partial charge < -0.3 is 10.6 Å². The van der Waals surface area contributed by atoms with E-state index >= 15 is 0 Å². The number of hydrogen-bond acceptors (Lipinski definition) is 3. The van der Waals surface area contributed by atoms with E-state index in [9.17, 15) is 14.0 Å². The highest BCUT2D eigenvalue weighted by atomic mass is 35.5. The molecule has 1 aliphatic heterocycles. The van der Waals surface area contributed by atoms with Crippen molar-refractivity contribution in [2.24, 2.45) is 11.7 Å². The highest BCUT2D eigenvalue weighted by Crippen LogP contribution is 2.22. The predicted octanol–water partition coefficient (Wildman–Crippen LogP) is 1.63. The third-order valence-electron chi connectivity index (χ3n) is 4.36. The maximum Gasteiger partial charge on any atom is 0.239 e. The van der Waals surface area contributed by atoms with Crippen LogP contribution < -0.4 is 5.73 Å². The van der Waals surface area contributed by atoms with Gasteiger partial charge in [-0.25, -0.2) is 4.39 Å². The quantitative estimate of drug-likeness (QED) is 0.885. The van der Waals surface area contributed by atoms with E-state index in [0.717, 1.165) is 0 Å². The van der Waals surface area contributed by atoms with Crippen molar-refractivity contribution >= 4 is 23.4 Å². The molecular formula is C16H21ClFN3O2. The summed E-state index contributed by atoms with van der Waals surface area (Å²) in [5.41, 5.74) is 5.61. The van der Waals surface area contributed by atoms with Crippen LogP contribution >= 0.6 is 11.6 Å². The SMILES string of the molecule is C[C@@H](C(=O)N(C)Cc1c(F)cccc1Cl)N1CC[C@@H](C(N)=O)C1. The van der Waals surface area contributed by atoms with E-state index < -0.39 is 11.9 Å². The Balaban J connectivity index is 2.01. The zero-order chi connectivity index (χ0) is 17.1. The summed E-state index contributed by atoms with van der Waals surface area (Å²) >= 11 is 6.00. The molecule has 1 saturated heterocycles. The molecule has 2 amide bonds. The van der Waals surface area contributed by atoms with E-state index in [1.165, 1.54) is 17.0 Å². The number of carbonyl (C=O) groups excluding carboxylic acids is 2. The van der Waals surface area contributed by atoms with Gasteiger partial charge in [-0.2, -0.15) is 0 Å². The normalized spacial score (nSPS) is 19.6. The largest absolute Gasteiger partial charge is 0.369 e. The van der Waals surface area contributed by atoms with Crippen molar-refractivity contribution in [1.29, 1.82) is 0 Å². The molecule has 0 saturated carbocycles. The summed E-state index contributed by atoms with van der Waals surface area (Å²) in [5.74, 6) is -1.12. The molecule has 1 heterocycles. The monoisotopic (exact) mass is 341 g/mol. The number of nitrogens with zero attached hydrogens (tertiary/aromatic N) is 2. The molecule has 0 unspecified atom stereocenters. The molecule has 0 spiro atoms. The van der Waals surface area contributed by atoms with Gasteiger partial charge in [0, 0.05) is 30.7 Å². The molecule has 1 aromatic carbocycles. The van der Waals surface area contributed by atoms with Crippen LogP contribution in [0.4, 0.5) is 4.39 Å². The van der Waals surface area contributed by atoms with E-state index in [1.54, 1.807) is 20.0 Å². The van der Waals surface area contributed by atoms with Gasteiger partial charge in [-0.05, 0) is 32.0 Å². The Morgan fingerprint density at radius 1 is 1.52 bits per heavy atom. The van der Waals surface area contributed by atoms with Crippen LogP contribution in [0.3, 0.4) is 0 Å². The van der Waals surface area contributed by atoms with Gasteiger partial charge in [-0.15, -0.1) is 0 Å². The van der Waals surface area contributed by atoms with E-state index in [-0.39, 0.29) is 24.3 Å². The highest BCUT2D eigenvalue weighted by Gasteiger charge is 2.33. The molecule has 0 aromatic heterocycles. The number of benzene rings is 1. The third-order valence-corrected chi connectivity index (χ3v) is 4.71. The maximum absolute atomic E-state index is 13.8. The van der Waals surface area contributed by atoms with Crippen LogP contribution in [0.5, 0.6) is 0 Å². The lowest BCUT2D eigenvalue weighted by Crippen LogP contribution is -2.45. The third kappa shape index (κ3) is 4.00. The number of primary amides is 1. The molecule has 1 aromatic rings. The number of amides is 2. The van der Waals surface area contributed by atoms with Crippen molar-refractivity contribution in [3.8, 4) is 0 Å². The fourth-order valence-electron chi connectivity index (χ4n) is 2.84. The summed E-state index contributed by atoms with van der Waals surface area (Å²) in [5, 5.41) is 0.298. The molecule has 0 radical (unpaired) electrons. The second-order valence-corrected chi connectivity index (χ2v) is 6.36. The Hall–Kier alpha value is -1.66. The van der Waals surface area contributed by atoms with Crippen LogP contribution in [0.2, 0.25) is 5.02 Å². The molecule has 2 N–H and O–H groups in total. The molecule has 1 fully saturated rings. The molecule has 5 nitrogen and oxygen atoms in total. The van der Waals surface area contributed by atoms with Crippen molar-refractivity contribution in [1.82, 2.24) is 9.80 Å². The summed E-state index contributed by atoms with van der Waals surface area (Å²) in [6, 6.07) is 4.05. The summed E-state index contributed by atoms with van der Waals surface area (Å²) < 4.78 is 13.8. The minimum Gasteiger partial charge on any atom is -0.369 e. The van der Waals surface area contributed by atoms with Crippen LogP contribution in [0.15, 0.2) is 18.2 Å². The zero-order valence-corrected chi connectivity index (χ0v) is 14.0. The van der Waals surface area contributed by atoms with Gasteiger partial charge in [-0.3, -0.25) is 14.5 Å². The van der Waals surface area contributed by atoms with E-state index in [1.807, 2.05) is 4.90 Å². The topological polar surface area (TPSA) is 66.6 Å². The molecule has 2 rings (SSSR count). The average Bonchev–Trinajstić information content (AvgIpc) is 2.99. The van der Waals surface area contributed by atoms with Crippen molar-refractivity contribution in [2.75, 3.05) is 20.1 Å². The van der Waals surface area contributed by atoms with E-state index in [0.29, 0.717) is 30.1 Å². The smallest absolute Gasteiger partial charge is 0.239 e. The van der Waals surface area contributed by atoms with Crippen molar-refractivity contribution < 1.29 is 14.0 Å². The van der Waals surface area contributed by atoms with Gasteiger partial charge in [0.15, 0.2) is 0 Å². The molecule has 0 aliphatic carbocycles. The summed E-state index contributed by atoms with van der Waals surface area (Å²) in [6.45, 7) is 3.01. The van der Waals surface area contributed by atoms with Crippen LogP contribution in [0, 0.1) is 11.7 Å². The molecule has 0 bridgehead atoms. The Kier molecular flexibility index (Phi) is 5.59. The first-order valence-electron chi connectivity index (χ1n) is 7.52. The highest BCUT2D eigenvalue weighted by molar-refractivity contribution is 6.31. The van der Waals surface area contributed by atoms with Crippen LogP contribution in [0.25, 0.3) is 0 Å². The van der Waals surface area contributed by atoms with Crippen LogP contribution in [-0.4, -0.2) is 47.8 Å². The number of carbonyl (C=O) groups is 2. The Morgan fingerprint density at radius 3 is 2.78 bits per heavy atom. The second kappa shape index (κ2) is 7.27. The summed E-state index contributed by atoms with van der Waals surface area (Å²) in [7, 11) is 1.61. The van der Waals surface area contributed by atoms with E-state index in [4.69, 9.17) is 17.3 Å². The lowest BCUT2D eigenvalue weighted by molar-refractivity contribution is -0.135. The van der Waals surface area contributed by atoms with Crippen molar-refractivity contribution in [3.63, 3.8) is 0 Å². The fourth-order valence-corrected chi connectivity index (χ4v) is 3.07. The lowest BCUT2D eigenvalue weighted by Gasteiger charge is -2.28. The number of halogens is 2. The number of likely N-dealkylation sites (tertiary alicyclic amines) is 1. The molecular weight excluding hydrogens is 321 g/mol. The average molecular weight is 342 g/mol. The van der Waals surface area contributed by atoms with Crippen molar-refractivity contribution in [3.05, 3.63) is 34.6 Å². The Bertz CT molecular complexity index is 591. The predicted molar refractivity (Wildman–Crippen MR) is 86.2 cm³/mol. The number of nitrogens with two attached hydrogens (primary N) is 1. The second-order valence-electron chi connectivity index (χ2n) is 5.95. The van der Waals surface area contributed by atoms with Crippen LogP contribution in [0.1, 0.15) is 18.9 Å². The summed E-state index contributed by atoms with van der Waals surface area (Å²) in [6.07, 6.45) is 0.663. The van der Waals surface area contributed by atoms with Gasteiger partial charge in [0.25, 0.3) is 0 Å². The molecule has 2 atom stereocenters. The lowest BCUT2D eigenvalue weighted by atomic mass is 10.1. The first-order chi connectivity index (χ1) is 10.8. The number of hydrogen-bond donors (Lipinski definition) is 1.